The molecule has 0 fully saturated rings. The van der Waals surface area contributed by atoms with Crippen LogP contribution in [-0.4, -0.2) is 193 Å². The van der Waals surface area contributed by atoms with E-state index in [1.807, 2.05) is 0 Å². The Bertz CT molecular complexity index is 3690. The molecule has 10 nitrogen and oxygen atoms in total. The van der Waals surface area contributed by atoms with E-state index >= 15 is 0 Å². The fourth-order valence-electron chi connectivity index (χ4n) is 13.3. The number of anilines is 5. The first kappa shape index (κ1) is 99.4. The second-order valence-electron chi connectivity index (χ2n) is 34.3. The highest BCUT2D eigenvalue weighted by Crippen LogP contribution is 2.43. The lowest BCUT2D eigenvalue weighted by molar-refractivity contribution is 0.283. The van der Waals surface area contributed by atoms with Gasteiger partial charge in [0.1, 0.15) is 0 Å². The molecule has 0 spiro atoms. The highest BCUT2D eigenvalue weighted by atomic mass is 32.1. The van der Waals surface area contributed by atoms with Gasteiger partial charge in [0.05, 0.1) is 73.5 Å². The second-order valence-corrected chi connectivity index (χ2v) is 38.3. The third kappa shape index (κ3) is 30.9. The average Bonchev–Trinajstić information content (AvgIpc) is 0.784. The van der Waals surface area contributed by atoms with Gasteiger partial charge in [-0.05, 0) is 204 Å². The Labute approximate surface area is 684 Å². The zero-order valence-electron chi connectivity index (χ0n) is 70.9. The summed E-state index contributed by atoms with van der Waals surface area (Å²) in [4.78, 5) is 23.5. The SMILES string of the molecule is CCCN(C)CCCCN(C)c1c(C(C)(C)C)c(=S)c1=S.CCCN(CC)CCCCN(C)c1c(C(C)(C)C)c(=S)c1=S.CCN(C)CCCCN(C)c1c(C(C)(C)C)c(=S)c1=S.CCN(CC)CCCCN(C)c1c(C(C)(C)C)c(=S)c1=S.CN(C)CCCCN(C)c1c(C(C)(C)C)c(=S)c1=S. The summed E-state index contributed by atoms with van der Waals surface area (Å²) in [6, 6.07) is 0. The molecule has 0 aliphatic heterocycles. The first-order valence-electron chi connectivity index (χ1n) is 38.7. The molecule has 0 amide bonds. The van der Waals surface area contributed by atoms with Crippen molar-refractivity contribution in [3.8, 4) is 0 Å². The molecule has 5 aromatic rings. The molecule has 5 aromatic carbocycles. The van der Waals surface area contributed by atoms with Gasteiger partial charge in [-0.3, -0.25) is 0 Å². The summed E-state index contributed by atoms with van der Waals surface area (Å²) in [5.74, 6) is 0. The van der Waals surface area contributed by atoms with Crippen molar-refractivity contribution in [1.29, 1.82) is 0 Å². The fourth-order valence-corrected chi connectivity index (χ4v) is 17.6. The van der Waals surface area contributed by atoms with Gasteiger partial charge >= 0.3 is 0 Å². The highest BCUT2D eigenvalue weighted by Gasteiger charge is 2.32. The molecule has 0 aliphatic rings. The molecule has 0 aliphatic carbocycles. The van der Waals surface area contributed by atoms with Crippen molar-refractivity contribution >= 4 is 151 Å². The van der Waals surface area contributed by atoms with Gasteiger partial charge in [0.15, 0.2) is 0 Å². The highest BCUT2D eigenvalue weighted by molar-refractivity contribution is 7.75. The molecule has 20 heteroatoms. The Kier molecular flexibility index (Phi) is 44.7. The molecule has 5 rings (SSSR count). The summed E-state index contributed by atoms with van der Waals surface area (Å²) in [7, 11) is 19.3. The maximum Gasteiger partial charge on any atom is 0.0798 e. The van der Waals surface area contributed by atoms with E-state index in [9.17, 15) is 0 Å². The lowest BCUT2D eigenvalue weighted by Crippen LogP contribution is -2.29. The summed E-state index contributed by atoms with van der Waals surface area (Å²) in [5, 5.41) is 0. The Morgan fingerprint density at radius 2 is 0.417 bits per heavy atom. The van der Waals surface area contributed by atoms with Crippen molar-refractivity contribution < 1.29 is 0 Å². The second kappa shape index (κ2) is 46.3. The molecule has 0 aromatic heterocycles. The van der Waals surface area contributed by atoms with Gasteiger partial charge in [0.25, 0.3) is 0 Å². The molecule has 588 valence electrons. The van der Waals surface area contributed by atoms with E-state index < -0.39 is 0 Å². The number of rotatable bonds is 38. The van der Waals surface area contributed by atoms with Crippen molar-refractivity contribution in [3.63, 3.8) is 0 Å². The van der Waals surface area contributed by atoms with E-state index in [1.165, 1.54) is 173 Å². The van der Waals surface area contributed by atoms with Crippen LogP contribution in [0.2, 0.25) is 0 Å². The Morgan fingerprint density at radius 3 is 0.621 bits per heavy atom. The van der Waals surface area contributed by atoms with E-state index in [-0.39, 0.29) is 27.1 Å². The van der Waals surface area contributed by atoms with Crippen LogP contribution in [0.15, 0.2) is 0 Å². The van der Waals surface area contributed by atoms with Crippen molar-refractivity contribution in [2.24, 2.45) is 0 Å². The monoisotopic (exact) mass is 1600 g/mol. The molecule has 0 radical (unpaired) electrons. The number of unbranched alkanes of at least 4 members (excludes halogenated alkanes) is 5. The van der Waals surface area contributed by atoms with Crippen molar-refractivity contribution in [1.82, 2.24) is 24.5 Å². The van der Waals surface area contributed by atoms with Crippen LogP contribution in [0.25, 0.3) is 0 Å². The fraction of sp³-hybridized carbons (Fsp3) is 0.759. The van der Waals surface area contributed by atoms with Gasteiger partial charge in [0, 0.05) is 95.8 Å². The van der Waals surface area contributed by atoms with Crippen LogP contribution in [0.3, 0.4) is 0 Å². The average molecular weight is 1600 g/mol. The quantitative estimate of drug-likeness (QED) is 0.0277. The molecule has 0 N–H and O–H groups in total. The smallest absolute Gasteiger partial charge is 0.0798 e. The maximum atomic E-state index is 5.47. The standard InChI is InChI=1S/C18H32N2S2.2C17H30N2S2.C16H28N2S2.C15H26N2S2/c1-7-11-20(8-2)13-10-9-12-19(6)15-14(18(3,4)5)16(21)17(15)22;1-7-10-18(5)11-8-9-12-19(6)14-13(17(2,3)4)15(20)16(14)21;1-7-19(8-2)12-10-9-11-18(6)14-13(17(3,4)5)15(20)16(14)21;1-7-17(5)10-8-9-11-18(6)13-12(16(2,3)4)14(19)15(13)20;1-15(2,3)11-12(14(19)13(11)18)17(6)10-8-7-9-16(4)5/h7-13H2,1-6H3;2*7-12H2,1-6H3;7-11H2,1-6H3;7-10H2,1-6H3. The molecule has 0 unspecified atom stereocenters. The third-order valence-electron chi connectivity index (χ3n) is 19.5. The first-order chi connectivity index (χ1) is 47.5. The largest absolute Gasteiger partial charge is 0.373 e. The summed E-state index contributed by atoms with van der Waals surface area (Å²) >= 11 is 54.4. The summed E-state index contributed by atoms with van der Waals surface area (Å²) in [6.07, 6.45) is 14.6. The molecular weight excluding hydrogens is 1460 g/mol. The number of hydrogen-bond donors (Lipinski definition) is 0. The van der Waals surface area contributed by atoms with Crippen molar-refractivity contribution in [3.05, 3.63) is 72.9 Å². The third-order valence-corrected chi connectivity index (χ3v) is 24.1. The Morgan fingerprint density at radius 1 is 0.214 bits per heavy atom. The lowest BCUT2D eigenvalue weighted by Gasteiger charge is -2.32. The lowest BCUT2D eigenvalue weighted by atomic mass is 9.83. The molecule has 0 heterocycles. The zero-order chi connectivity index (χ0) is 79.6. The van der Waals surface area contributed by atoms with Crippen LogP contribution in [0.5, 0.6) is 0 Å². The van der Waals surface area contributed by atoms with Gasteiger partial charge in [-0.25, -0.2) is 0 Å². The minimum absolute atomic E-state index is 0.0864. The van der Waals surface area contributed by atoms with Crippen LogP contribution in [0.1, 0.15) is 250 Å². The van der Waals surface area contributed by atoms with Gasteiger partial charge in [-0.1, -0.05) is 268 Å². The van der Waals surface area contributed by atoms with Crippen LogP contribution in [0.4, 0.5) is 28.4 Å². The topological polar surface area (TPSA) is 32.4 Å². The molecule has 0 bridgehead atoms. The van der Waals surface area contributed by atoms with E-state index in [0.717, 1.165) is 111 Å². The van der Waals surface area contributed by atoms with E-state index in [2.05, 4.69) is 258 Å². The summed E-state index contributed by atoms with van der Waals surface area (Å²) in [5.41, 5.74) is 12.9. The molecule has 0 saturated heterocycles. The number of nitrogens with zero attached hydrogens (tertiary/aromatic N) is 10. The summed E-state index contributed by atoms with van der Waals surface area (Å²) < 4.78 is 8.96. The molecule has 103 heavy (non-hydrogen) atoms. The van der Waals surface area contributed by atoms with Crippen molar-refractivity contribution in [2.45, 2.75) is 250 Å². The minimum Gasteiger partial charge on any atom is -0.373 e. The Hall–Kier alpha value is -1.60. The van der Waals surface area contributed by atoms with E-state index in [4.69, 9.17) is 122 Å². The normalized spacial score (nSPS) is 12.3. The molecule has 0 saturated carbocycles. The van der Waals surface area contributed by atoms with Gasteiger partial charge in [-0.15, -0.1) is 0 Å². The summed E-state index contributed by atoms with van der Waals surface area (Å²) in [6.45, 7) is 64.6. The molecular formula is C83H146N10S10. The van der Waals surface area contributed by atoms with Gasteiger partial charge in [-0.2, -0.15) is 0 Å². The van der Waals surface area contributed by atoms with Crippen LogP contribution < -0.4 is 24.5 Å². The predicted octanol–water partition coefficient (Wildman–Crippen LogP) is 23.6. The van der Waals surface area contributed by atoms with E-state index in [1.54, 1.807) is 0 Å². The minimum atomic E-state index is 0.0864. The van der Waals surface area contributed by atoms with Gasteiger partial charge < -0.3 is 49.0 Å². The number of hydrogen-bond acceptors (Lipinski definition) is 20. The first-order valence-corrected chi connectivity index (χ1v) is 42.8. The van der Waals surface area contributed by atoms with Crippen molar-refractivity contribution in [2.75, 3.05) is 193 Å². The zero-order valence-corrected chi connectivity index (χ0v) is 79.0. The van der Waals surface area contributed by atoms with E-state index in [0.29, 0.717) is 0 Å². The van der Waals surface area contributed by atoms with Gasteiger partial charge in [0.2, 0.25) is 0 Å². The van der Waals surface area contributed by atoms with Crippen LogP contribution >= 0.6 is 122 Å². The predicted molar refractivity (Wildman–Crippen MR) is 488 cm³/mol. The van der Waals surface area contributed by atoms with Crippen LogP contribution in [-0.2, 0) is 27.1 Å². The molecule has 0 atom stereocenters. The Balaban J connectivity index is 0.000000644. The van der Waals surface area contributed by atoms with Crippen LogP contribution in [0, 0.1) is 45.1 Å². The maximum absolute atomic E-state index is 5.47.